The van der Waals surface area contributed by atoms with Crippen molar-refractivity contribution in [3.05, 3.63) is 74.4 Å². The molecule has 0 aliphatic carbocycles. The minimum atomic E-state index is -1.10. The van der Waals surface area contributed by atoms with Crippen molar-refractivity contribution < 1.29 is 8.78 Å². The molecule has 2 unspecified atom stereocenters. The van der Waals surface area contributed by atoms with Crippen LogP contribution in [0.4, 0.5) is 14.5 Å². The summed E-state index contributed by atoms with van der Waals surface area (Å²) < 4.78 is 28.1. The number of fused-ring (bicyclic) bond motifs is 3. The van der Waals surface area contributed by atoms with Gasteiger partial charge in [-0.25, -0.2) is 13.6 Å². The molecule has 0 spiro atoms. The number of nitrogens with zero attached hydrogens (tertiary/aromatic N) is 3. The first kappa shape index (κ1) is 20.9. The summed E-state index contributed by atoms with van der Waals surface area (Å²) in [6.45, 7) is 5.06. The minimum absolute atomic E-state index is 0.0143. The SMILES string of the molecule is Cc1ccc(N2CC3CCC(C2)N3CCCn2c(=O)[nH]c3cc(F)c(F)cc3c2=O)cc1. The summed E-state index contributed by atoms with van der Waals surface area (Å²) in [5, 5.41) is -0.0183. The topological polar surface area (TPSA) is 61.3 Å². The monoisotopic (exact) mass is 440 g/mol. The molecule has 1 aromatic heterocycles. The van der Waals surface area contributed by atoms with Crippen molar-refractivity contribution in [2.45, 2.75) is 44.8 Å². The van der Waals surface area contributed by atoms with Crippen LogP contribution < -0.4 is 16.1 Å². The Morgan fingerprint density at radius 2 is 1.62 bits per heavy atom. The Bertz CT molecular complexity index is 1250. The Morgan fingerprint density at radius 1 is 0.969 bits per heavy atom. The Hall–Kier alpha value is -3.00. The second kappa shape index (κ2) is 8.16. The molecule has 0 amide bonds. The van der Waals surface area contributed by atoms with E-state index < -0.39 is 22.9 Å². The lowest BCUT2D eigenvalue weighted by atomic mass is 10.1. The number of halogens is 2. The first-order chi connectivity index (χ1) is 15.4. The van der Waals surface area contributed by atoms with Crippen molar-refractivity contribution >= 4 is 16.6 Å². The first-order valence-electron chi connectivity index (χ1n) is 11.1. The molecule has 6 nitrogen and oxygen atoms in total. The third-order valence-electron chi connectivity index (χ3n) is 6.85. The maximum atomic E-state index is 13.6. The van der Waals surface area contributed by atoms with Gasteiger partial charge in [-0.05, 0) is 44.4 Å². The van der Waals surface area contributed by atoms with Gasteiger partial charge in [0.25, 0.3) is 5.56 Å². The van der Waals surface area contributed by atoms with E-state index in [2.05, 4.69) is 46.0 Å². The summed E-state index contributed by atoms with van der Waals surface area (Å²) in [4.78, 5) is 32.5. The number of nitrogens with one attached hydrogen (secondary N) is 1. The maximum absolute atomic E-state index is 13.6. The number of anilines is 1. The van der Waals surface area contributed by atoms with Gasteiger partial charge >= 0.3 is 5.69 Å². The predicted molar refractivity (Wildman–Crippen MR) is 120 cm³/mol. The van der Waals surface area contributed by atoms with Crippen LogP contribution in [0, 0.1) is 18.6 Å². The number of H-pyrrole nitrogens is 1. The van der Waals surface area contributed by atoms with E-state index in [1.807, 2.05) is 0 Å². The summed E-state index contributed by atoms with van der Waals surface area (Å²) in [7, 11) is 0. The molecule has 3 heterocycles. The summed E-state index contributed by atoms with van der Waals surface area (Å²) in [5.74, 6) is -2.19. The van der Waals surface area contributed by atoms with Crippen LogP contribution >= 0.6 is 0 Å². The molecule has 2 bridgehead atoms. The van der Waals surface area contributed by atoms with E-state index in [-0.39, 0.29) is 17.4 Å². The standard InChI is InChI=1S/C24H26F2N4O2/c1-15-3-5-16(6-4-15)28-13-17-7-8-18(14-28)29(17)9-2-10-30-23(31)19-11-20(25)21(26)12-22(19)27-24(30)32/h3-6,11-12,17-18H,2,7-10,13-14H2,1H3,(H,27,32). The highest BCUT2D eigenvalue weighted by atomic mass is 19.2. The van der Waals surface area contributed by atoms with Crippen LogP contribution in [0.1, 0.15) is 24.8 Å². The number of benzene rings is 2. The molecule has 168 valence electrons. The molecule has 2 aliphatic rings. The van der Waals surface area contributed by atoms with Crippen molar-refractivity contribution in [2.24, 2.45) is 0 Å². The lowest BCUT2D eigenvalue weighted by Crippen LogP contribution is -2.54. The molecular formula is C24H26F2N4O2. The van der Waals surface area contributed by atoms with Crippen LogP contribution in [0.15, 0.2) is 46.0 Å². The summed E-state index contributed by atoms with van der Waals surface area (Å²) in [6, 6.07) is 11.3. The van der Waals surface area contributed by atoms with E-state index in [0.29, 0.717) is 18.5 Å². The maximum Gasteiger partial charge on any atom is 0.328 e. The van der Waals surface area contributed by atoms with Crippen LogP contribution in [0.25, 0.3) is 10.9 Å². The largest absolute Gasteiger partial charge is 0.368 e. The van der Waals surface area contributed by atoms with Crippen LogP contribution in [-0.4, -0.2) is 46.2 Å². The highest BCUT2D eigenvalue weighted by Gasteiger charge is 2.39. The predicted octanol–water partition coefficient (Wildman–Crippen LogP) is 3.02. The third-order valence-corrected chi connectivity index (χ3v) is 6.85. The van der Waals surface area contributed by atoms with E-state index in [1.54, 1.807) is 0 Å². The van der Waals surface area contributed by atoms with E-state index in [9.17, 15) is 18.4 Å². The lowest BCUT2D eigenvalue weighted by molar-refractivity contribution is 0.164. The molecule has 8 heteroatoms. The number of aryl methyl sites for hydroxylation is 1. The highest BCUT2D eigenvalue weighted by molar-refractivity contribution is 5.77. The lowest BCUT2D eigenvalue weighted by Gasteiger charge is -2.42. The van der Waals surface area contributed by atoms with Crippen LogP contribution in [-0.2, 0) is 6.54 Å². The molecule has 0 radical (unpaired) electrons. The number of aromatic nitrogens is 2. The Kier molecular flexibility index (Phi) is 5.33. The Labute approximate surface area is 184 Å². The fourth-order valence-corrected chi connectivity index (χ4v) is 5.18. The van der Waals surface area contributed by atoms with Crippen molar-refractivity contribution in [1.82, 2.24) is 14.5 Å². The number of piperazine rings is 1. The minimum Gasteiger partial charge on any atom is -0.368 e. The average molecular weight is 440 g/mol. The Morgan fingerprint density at radius 3 is 2.31 bits per heavy atom. The summed E-state index contributed by atoms with van der Waals surface area (Å²) in [5.41, 5.74) is 1.34. The molecule has 2 aromatic carbocycles. The van der Waals surface area contributed by atoms with Gasteiger partial charge in [0, 0.05) is 50.0 Å². The average Bonchev–Trinajstić information content (AvgIpc) is 2.99. The van der Waals surface area contributed by atoms with Gasteiger partial charge in [-0.15, -0.1) is 0 Å². The van der Waals surface area contributed by atoms with Crippen LogP contribution in [0.2, 0.25) is 0 Å². The Balaban J connectivity index is 1.27. The second-order valence-corrected chi connectivity index (χ2v) is 8.92. The van der Waals surface area contributed by atoms with E-state index in [1.165, 1.54) is 11.3 Å². The summed E-state index contributed by atoms with van der Waals surface area (Å²) >= 11 is 0. The smallest absolute Gasteiger partial charge is 0.328 e. The van der Waals surface area contributed by atoms with Gasteiger partial charge in [-0.2, -0.15) is 0 Å². The quantitative estimate of drug-likeness (QED) is 0.663. The van der Waals surface area contributed by atoms with E-state index in [4.69, 9.17) is 0 Å². The molecule has 1 N–H and O–H groups in total. The summed E-state index contributed by atoms with van der Waals surface area (Å²) in [6.07, 6.45) is 2.93. The fraction of sp³-hybridized carbons (Fsp3) is 0.417. The van der Waals surface area contributed by atoms with Crippen molar-refractivity contribution in [1.29, 1.82) is 0 Å². The fourth-order valence-electron chi connectivity index (χ4n) is 5.18. The van der Waals surface area contributed by atoms with Gasteiger partial charge in [-0.3, -0.25) is 14.3 Å². The molecule has 2 fully saturated rings. The number of hydrogen-bond acceptors (Lipinski definition) is 4. The highest BCUT2D eigenvalue weighted by Crippen LogP contribution is 2.32. The van der Waals surface area contributed by atoms with Crippen molar-refractivity contribution in [2.75, 3.05) is 24.5 Å². The zero-order chi connectivity index (χ0) is 22.4. The van der Waals surface area contributed by atoms with Gasteiger partial charge in [0.05, 0.1) is 10.9 Å². The van der Waals surface area contributed by atoms with E-state index in [0.717, 1.165) is 49.2 Å². The van der Waals surface area contributed by atoms with Crippen LogP contribution in [0.5, 0.6) is 0 Å². The van der Waals surface area contributed by atoms with Gasteiger partial charge < -0.3 is 9.88 Å². The normalized spacial score (nSPS) is 20.9. The van der Waals surface area contributed by atoms with E-state index >= 15 is 0 Å². The molecule has 2 aliphatic heterocycles. The molecule has 2 atom stereocenters. The second-order valence-electron chi connectivity index (χ2n) is 8.92. The molecule has 5 rings (SSSR count). The molecular weight excluding hydrogens is 414 g/mol. The molecule has 0 saturated carbocycles. The zero-order valence-electron chi connectivity index (χ0n) is 18.0. The zero-order valence-corrected chi connectivity index (χ0v) is 18.0. The molecule has 32 heavy (non-hydrogen) atoms. The third kappa shape index (κ3) is 3.72. The van der Waals surface area contributed by atoms with Gasteiger partial charge in [0.2, 0.25) is 0 Å². The van der Waals surface area contributed by atoms with Crippen LogP contribution in [0.3, 0.4) is 0 Å². The van der Waals surface area contributed by atoms with Gasteiger partial charge in [-0.1, -0.05) is 17.7 Å². The van der Waals surface area contributed by atoms with Gasteiger partial charge in [0.1, 0.15) is 0 Å². The van der Waals surface area contributed by atoms with Crippen molar-refractivity contribution in [3.63, 3.8) is 0 Å². The van der Waals surface area contributed by atoms with Crippen molar-refractivity contribution in [3.8, 4) is 0 Å². The number of aromatic amines is 1. The van der Waals surface area contributed by atoms with Gasteiger partial charge in [0.15, 0.2) is 11.6 Å². The molecule has 2 saturated heterocycles. The first-order valence-corrected chi connectivity index (χ1v) is 11.1. The number of hydrogen-bond donors (Lipinski definition) is 1. The number of rotatable bonds is 5. The molecule has 3 aromatic rings.